The molecule has 0 spiro atoms. The summed E-state index contributed by atoms with van der Waals surface area (Å²) in [5.74, 6) is -0.594. The number of nitrogens with one attached hydrogen (secondary N) is 1. The molecule has 3 unspecified atom stereocenters. The molecule has 0 radical (unpaired) electrons. The van der Waals surface area contributed by atoms with Crippen molar-refractivity contribution in [3.05, 3.63) is 35.9 Å². The van der Waals surface area contributed by atoms with Crippen molar-refractivity contribution in [3.63, 3.8) is 0 Å². The third kappa shape index (κ3) is 2.88. The van der Waals surface area contributed by atoms with E-state index >= 15 is 0 Å². The summed E-state index contributed by atoms with van der Waals surface area (Å²) in [4.78, 5) is 2.49. The van der Waals surface area contributed by atoms with E-state index in [1.54, 1.807) is 0 Å². The largest absolute Gasteiger partial charge is 0.343 e. The second-order valence-electron chi connectivity index (χ2n) is 5.91. The molecule has 0 bridgehead atoms. The lowest BCUT2D eigenvalue weighted by Gasteiger charge is -2.35. The van der Waals surface area contributed by atoms with E-state index in [1.807, 2.05) is 25.1 Å². The van der Waals surface area contributed by atoms with Crippen LogP contribution in [0.15, 0.2) is 30.3 Å². The highest BCUT2D eigenvalue weighted by Crippen LogP contribution is 2.33. The minimum Gasteiger partial charge on any atom is -0.343 e. The summed E-state index contributed by atoms with van der Waals surface area (Å²) in [6.45, 7) is 9.11. The van der Waals surface area contributed by atoms with Gasteiger partial charge in [-0.1, -0.05) is 30.3 Å². The number of hydrogen-bond acceptors (Lipinski definition) is 4. The predicted octanol–water partition coefficient (Wildman–Crippen LogP) is 1.57. The first-order valence-corrected chi connectivity index (χ1v) is 7.49. The minimum absolute atomic E-state index is 0.153. The van der Waals surface area contributed by atoms with Crippen molar-refractivity contribution in [1.29, 1.82) is 0 Å². The van der Waals surface area contributed by atoms with E-state index in [9.17, 15) is 0 Å². The fraction of sp³-hybridized carbons (Fsp3) is 0.625. The normalized spacial score (nSPS) is 35.3. The summed E-state index contributed by atoms with van der Waals surface area (Å²) in [6.07, 6.45) is 0.153. The summed E-state index contributed by atoms with van der Waals surface area (Å²) in [6, 6.07) is 10.8. The zero-order chi connectivity index (χ0) is 14.0. The second-order valence-corrected chi connectivity index (χ2v) is 5.91. The van der Waals surface area contributed by atoms with Crippen LogP contribution in [0.1, 0.15) is 19.4 Å². The van der Waals surface area contributed by atoms with Crippen molar-refractivity contribution >= 4 is 0 Å². The summed E-state index contributed by atoms with van der Waals surface area (Å²) in [7, 11) is 0. The molecule has 4 nitrogen and oxygen atoms in total. The number of benzene rings is 1. The van der Waals surface area contributed by atoms with Gasteiger partial charge in [-0.15, -0.1) is 0 Å². The summed E-state index contributed by atoms with van der Waals surface area (Å²) >= 11 is 0. The van der Waals surface area contributed by atoms with Crippen molar-refractivity contribution in [2.45, 2.75) is 31.8 Å². The van der Waals surface area contributed by atoms with E-state index in [0.717, 1.165) is 31.7 Å². The van der Waals surface area contributed by atoms with E-state index in [4.69, 9.17) is 9.47 Å². The van der Waals surface area contributed by atoms with Gasteiger partial charge in [0.05, 0.1) is 12.7 Å². The molecule has 2 heterocycles. The Morgan fingerprint density at radius 1 is 1.35 bits per heavy atom. The van der Waals surface area contributed by atoms with Gasteiger partial charge in [-0.05, 0) is 13.8 Å². The van der Waals surface area contributed by atoms with Gasteiger partial charge in [0.2, 0.25) is 0 Å². The second kappa shape index (κ2) is 5.82. The van der Waals surface area contributed by atoms with Gasteiger partial charge in [-0.3, -0.25) is 4.90 Å². The van der Waals surface area contributed by atoms with Crippen LogP contribution >= 0.6 is 0 Å². The van der Waals surface area contributed by atoms with Crippen molar-refractivity contribution in [1.82, 2.24) is 10.2 Å². The monoisotopic (exact) mass is 276 g/mol. The summed E-state index contributed by atoms with van der Waals surface area (Å²) in [5.41, 5.74) is 1.09. The van der Waals surface area contributed by atoms with E-state index in [0.29, 0.717) is 12.6 Å². The van der Waals surface area contributed by atoms with Crippen LogP contribution < -0.4 is 5.32 Å². The standard InChI is InChI=1S/C16H24N2O2/c1-13-10-17-8-9-18(13)11-15-12-19-16(2,20-15)14-6-4-3-5-7-14/h3-7,13,15,17H,8-12H2,1-2H3. The van der Waals surface area contributed by atoms with E-state index in [-0.39, 0.29) is 6.10 Å². The number of rotatable bonds is 3. The van der Waals surface area contributed by atoms with Crippen LogP contribution in [0.5, 0.6) is 0 Å². The van der Waals surface area contributed by atoms with Crippen LogP contribution in [-0.2, 0) is 15.3 Å². The molecule has 1 aromatic carbocycles. The quantitative estimate of drug-likeness (QED) is 0.908. The molecule has 0 saturated carbocycles. The van der Waals surface area contributed by atoms with Gasteiger partial charge in [-0.25, -0.2) is 0 Å². The van der Waals surface area contributed by atoms with E-state index in [1.165, 1.54) is 0 Å². The fourth-order valence-corrected chi connectivity index (χ4v) is 3.04. The Morgan fingerprint density at radius 2 is 2.15 bits per heavy atom. The van der Waals surface area contributed by atoms with E-state index < -0.39 is 5.79 Å². The smallest absolute Gasteiger partial charge is 0.192 e. The highest BCUT2D eigenvalue weighted by molar-refractivity contribution is 5.20. The van der Waals surface area contributed by atoms with Crippen molar-refractivity contribution < 1.29 is 9.47 Å². The lowest BCUT2D eigenvalue weighted by Crippen LogP contribution is -2.52. The van der Waals surface area contributed by atoms with Crippen LogP contribution in [0.4, 0.5) is 0 Å². The van der Waals surface area contributed by atoms with Crippen LogP contribution in [-0.4, -0.2) is 49.8 Å². The summed E-state index contributed by atoms with van der Waals surface area (Å²) < 4.78 is 12.2. The molecule has 0 aliphatic carbocycles. The lowest BCUT2D eigenvalue weighted by atomic mass is 10.1. The van der Waals surface area contributed by atoms with Gasteiger partial charge >= 0.3 is 0 Å². The first-order chi connectivity index (χ1) is 9.67. The Hall–Kier alpha value is -0.940. The maximum Gasteiger partial charge on any atom is 0.192 e. The van der Waals surface area contributed by atoms with Crippen LogP contribution in [0.25, 0.3) is 0 Å². The Balaban J connectivity index is 1.62. The number of piperazine rings is 1. The van der Waals surface area contributed by atoms with Gasteiger partial charge in [-0.2, -0.15) is 0 Å². The Kier molecular flexibility index (Phi) is 4.08. The molecule has 20 heavy (non-hydrogen) atoms. The maximum absolute atomic E-state index is 6.20. The molecule has 1 aromatic rings. The molecule has 1 N–H and O–H groups in total. The number of ether oxygens (including phenoxy) is 2. The first kappa shape index (κ1) is 14.0. The molecule has 3 rings (SSSR count). The Labute approximate surface area is 121 Å². The molecule has 4 heteroatoms. The van der Waals surface area contributed by atoms with Crippen LogP contribution in [0.2, 0.25) is 0 Å². The third-order valence-corrected chi connectivity index (χ3v) is 4.31. The highest BCUT2D eigenvalue weighted by atomic mass is 16.7. The van der Waals surface area contributed by atoms with Gasteiger partial charge in [0.25, 0.3) is 0 Å². The maximum atomic E-state index is 6.20. The zero-order valence-corrected chi connectivity index (χ0v) is 12.3. The number of hydrogen-bond donors (Lipinski definition) is 1. The molecule has 2 saturated heterocycles. The van der Waals surface area contributed by atoms with Gasteiger partial charge in [0.15, 0.2) is 5.79 Å². The molecular weight excluding hydrogens is 252 g/mol. The molecular formula is C16H24N2O2. The Bertz CT molecular complexity index is 439. The molecule has 0 aromatic heterocycles. The number of nitrogens with zero attached hydrogens (tertiary/aromatic N) is 1. The predicted molar refractivity (Wildman–Crippen MR) is 78.5 cm³/mol. The average molecular weight is 276 g/mol. The molecule has 110 valence electrons. The molecule has 2 aliphatic heterocycles. The van der Waals surface area contributed by atoms with Crippen molar-refractivity contribution in [2.75, 3.05) is 32.8 Å². The molecule has 2 fully saturated rings. The molecule has 0 amide bonds. The zero-order valence-electron chi connectivity index (χ0n) is 12.3. The van der Waals surface area contributed by atoms with Gasteiger partial charge in [0.1, 0.15) is 0 Å². The van der Waals surface area contributed by atoms with Gasteiger partial charge in [0, 0.05) is 37.8 Å². The highest BCUT2D eigenvalue weighted by Gasteiger charge is 2.39. The topological polar surface area (TPSA) is 33.7 Å². The Morgan fingerprint density at radius 3 is 2.90 bits per heavy atom. The SMILES string of the molecule is CC1CNCCN1CC1COC(C)(c2ccccc2)O1. The van der Waals surface area contributed by atoms with Crippen LogP contribution in [0.3, 0.4) is 0 Å². The fourth-order valence-electron chi connectivity index (χ4n) is 3.04. The van der Waals surface area contributed by atoms with Crippen molar-refractivity contribution in [2.24, 2.45) is 0 Å². The molecule has 3 atom stereocenters. The minimum atomic E-state index is -0.594. The molecule has 2 aliphatic rings. The van der Waals surface area contributed by atoms with Crippen molar-refractivity contribution in [3.8, 4) is 0 Å². The van der Waals surface area contributed by atoms with Gasteiger partial charge < -0.3 is 14.8 Å². The third-order valence-electron chi connectivity index (χ3n) is 4.31. The first-order valence-electron chi connectivity index (χ1n) is 7.49. The average Bonchev–Trinajstić information content (AvgIpc) is 2.85. The van der Waals surface area contributed by atoms with Crippen LogP contribution in [0, 0.1) is 0 Å². The lowest BCUT2D eigenvalue weighted by molar-refractivity contribution is -0.164. The van der Waals surface area contributed by atoms with E-state index in [2.05, 4.69) is 29.3 Å². The summed E-state index contributed by atoms with van der Waals surface area (Å²) in [5, 5.41) is 3.42.